The molecule has 1 aromatic heterocycles. The summed E-state index contributed by atoms with van der Waals surface area (Å²) in [6, 6.07) is 10.0. The standard InChI is InChI=1S/C19H24N2O/c1-12-7-6-10-17(14(12)3)21-19(22)16-11-13(2)20-18-9-5-4-8-15(16)18/h4-5,8-9,11-12,14,17H,6-7,10H2,1-3H3,(H,21,22)/t12-,14+,17-/m1/s1. The number of aromatic nitrogens is 1. The van der Waals surface area contributed by atoms with E-state index in [0.29, 0.717) is 11.8 Å². The van der Waals surface area contributed by atoms with Gasteiger partial charge in [0.25, 0.3) is 5.91 Å². The summed E-state index contributed by atoms with van der Waals surface area (Å²) in [5.74, 6) is 1.24. The number of para-hydroxylation sites is 1. The Hall–Kier alpha value is -1.90. The van der Waals surface area contributed by atoms with Crippen LogP contribution in [-0.2, 0) is 0 Å². The minimum Gasteiger partial charge on any atom is -0.349 e. The molecular formula is C19H24N2O. The van der Waals surface area contributed by atoms with Crippen molar-refractivity contribution in [3.63, 3.8) is 0 Å². The Morgan fingerprint density at radius 1 is 1.23 bits per heavy atom. The number of amides is 1. The predicted octanol–water partition coefficient (Wildman–Crippen LogP) is 4.10. The third-order valence-electron chi connectivity index (χ3n) is 5.11. The van der Waals surface area contributed by atoms with Gasteiger partial charge < -0.3 is 5.32 Å². The van der Waals surface area contributed by atoms with E-state index in [0.717, 1.165) is 28.6 Å². The molecule has 1 N–H and O–H groups in total. The molecule has 116 valence electrons. The van der Waals surface area contributed by atoms with Crippen molar-refractivity contribution in [1.29, 1.82) is 0 Å². The monoisotopic (exact) mass is 296 g/mol. The normalized spacial score (nSPS) is 25.1. The maximum atomic E-state index is 12.8. The van der Waals surface area contributed by atoms with Crippen LogP contribution in [0.25, 0.3) is 10.9 Å². The quantitative estimate of drug-likeness (QED) is 0.906. The summed E-state index contributed by atoms with van der Waals surface area (Å²) >= 11 is 0. The third-order valence-corrected chi connectivity index (χ3v) is 5.11. The second-order valence-electron chi connectivity index (χ2n) is 6.68. The number of benzene rings is 1. The van der Waals surface area contributed by atoms with Crippen LogP contribution in [0.2, 0.25) is 0 Å². The topological polar surface area (TPSA) is 42.0 Å². The van der Waals surface area contributed by atoms with Crippen LogP contribution in [0.4, 0.5) is 0 Å². The minimum atomic E-state index is 0.0349. The number of hydrogen-bond acceptors (Lipinski definition) is 2. The first-order valence-electron chi connectivity index (χ1n) is 8.23. The van der Waals surface area contributed by atoms with Crippen molar-refractivity contribution in [2.45, 2.75) is 46.1 Å². The van der Waals surface area contributed by atoms with Gasteiger partial charge in [-0.1, -0.05) is 44.9 Å². The van der Waals surface area contributed by atoms with E-state index >= 15 is 0 Å². The molecule has 1 saturated carbocycles. The van der Waals surface area contributed by atoms with Gasteiger partial charge in [0.2, 0.25) is 0 Å². The van der Waals surface area contributed by atoms with Gasteiger partial charge in [0.1, 0.15) is 0 Å². The fourth-order valence-electron chi connectivity index (χ4n) is 3.53. The zero-order chi connectivity index (χ0) is 15.7. The van der Waals surface area contributed by atoms with Gasteiger partial charge in [-0.3, -0.25) is 9.78 Å². The number of fused-ring (bicyclic) bond motifs is 1. The van der Waals surface area contributed by atoms with Crippen LogP contribution < -0.4 is 5.32 Å². The van der Waals surface area contributed by atoms with Crippen molar-refractivity contribution in [3.05, 3.63) is 41.6 Å². The molecule has 1 aromatic carbocycles. The number of rotatable bonds is 2. The van der Waals surface area contributed by atoms with Crippen LogP contribution >= 0.6 is 0 Å². The van der Waals surface area contributed by atoms with Gasteiger partial charge >= 0.3 is 0 Å². The Bertz CT molecular complexity index is 695. The van der Waals surface area contributed by atoms with E-state index < -0.39 is 0 Å². The van der Waals surface area contributed by atoms with Crippen molar-refractivity contribution in [2.24, 2.45) is 11.8 Å². The van der Waals surface area contributed by atoms with E-state index in [1.54, 1.807) is 0 Å². The zero-order valence-corrected chi connectivity index (χ0v) is 13.6. The number of aryl methyl sites for hydroxylation is 1. The van der Waals surface area contributed by atoms with E-state index in [2.05, 4.69) is 24.1 Å². The van der Waals surface area contributed by atoms with Crippen LogP contribution in [0.1, 0.15) is 49.2 Å². The lowest BCUT2D eigenvalue weighted by Gasteiger charge is -2.34. The number of carbonyl (C=O) groups excluding carboxylic acids is 1. The highest BCUT2D eigenvalue weighted by Gasteiger charge is 2.28. The number of carbonyl (C=O) groups is 1. The maximum absolute atomic E-state index is 12.8. The number of pyridine rings is 1. The lowest BCUT2D eigenvalue weighted by Crippen LogP contribution is -2.43. The van der Waals surface area contributed by atoms with Gasteiger partial charge in [0.15, 0.2) is 0 Å². The molecule has 1 fully saturated rings. The zero-order valence-electron chi connectivity index (χ0n) is 13.6. The molecule has 0 unspecified atom stereocenters. The first-order valence-corrected chi connectivity index (χ1v) is 8.23. The SMILES string of the molecule is Cc1cc(C(=O)N[C@@H]2CCC[C@@H](C)[C@@H]2C)c2ccccc2n1. The predicted molar refractivity (Wildman–Crippen MR) is 89.9 cm³/mol. The average molecular weight is 296 g/mol. The molecule has 0 spiro atoms. The first kappa shape index (κ1) is 15.0. The summed E-state index contributed by atoms with van der Waals surface area (Å²) in [6.07, 6.45) is 3.55. The van der Waals surface area contributed by atoms with E-state index in [4.69, 9.17) is 0 Å². The Kier molecular flexibility index (Phi) is 4.14. The van der Waals surface area contributed by atoms with Crippen LogP contribution in [0, 0.1) is 18.8 Å². The summed E-state index contributed by atoms with van der Waals surface area (Å²) in [6.45, 7) is 6.48. The van der Waals surface area contributed by atoms with Crippen molar-refractivity contribution in [3.8, 4) is 0 Å². The average Bonchev–Trinajstić information content (AvgIpc) is 2.51. The highest BCUT2D eigenvalue weighted by atomic mass is 16.1. The lowest BCUT2D eigenvalue weighted by molar-refractivity contribution is 0.0892. The summed E-state index contributed by atoms with van der Waals surface area (Å²) in [5.41, 5.74) is 2.51. The Morgan fingerprint density at radius 2 is 2.00 bits per heavy atom. The highest BCUT2D eigenvalue weighted by Crippen LogP contribution is 2.30. The molecule has 0 saturated heterocycles. The van der Waals surface area contributed by atoms with Crippen molar-refractivity contribution < 1.29 is 4.79 Å². The van der Waals surface area contributed by atoms with Crippen LogP contribution in [0.15, 0.2) is 30.3 Å². The Morgan fingerprint density at radius 3 is 2.82 bits per heavy atom. The first-order chi connectivity index (χ1) is 10.6. The minimum absolute atomic E-state index is 0.0349. The molecular weight excluding hydrogens is 272 g/mol. The van der Waals surface area contributed by atoms with Gasteiger partial charge in [-0.25, -0.2) is 0 Å². The van der Waals surface area contributed by atoms with Crippen LogP contribution in [0.5, 0.6) is 0 Å². The maximum Gasteiger partial charge on any atom is 0.252 e. The lowest BCUT2D eigenvalue weighted by atomic mass is 9.78. The molecule has 3 heteroatoms. The largest absolute Gasteiger partial charge is 0.349 e. The highest BCUT2D eigenvalue weighted by molar-refractivity contribution is 6.06. The Balaban J connectivity index is 1.89. The van der Waals surface area contributed by atoms with E-state index in [-0.39, 0.29) is 11.9 Å². The molecule has 3 atom stereocenters. The fourth-order valence-corrected chi connectivity index (χ4v) is 3.53. The third kappa shape index (κ3) is 2.85. The molecule has 3 nitrogen and oxygen atoms in total. The molecule has 0 bridgehead atoms. The molecule has 1 aliphatic rings. The molecule has 1 amide bonds. The number of hydrogen-bond donors (Lipinski definition) is 1. The Labute approximate surface area is 132 Å². The summed E-state index contributed by atoms with van der Waals surface area (Å²) in [5, 5.41) is 4.20. The van der Waals surface area contributed by atoms with Gasteiger partial charge in [0, 0.05) is 17.1 Å². The molecule has 3 rings (SSSR count). The van der Waals surface area contributed by atoms with Crippen molar-refractivity contribution in [2.75, 3.05) is 0 Å². The summed E-state index contributed by atoms with van der Waals surface area (Å²) in [4.78, 5) is 17.3. The second-order valence-corrected chi connectivity index (χ2v) is 6.68. The van der Waals surface area contributed by atoms with Crippen molar-refractivity contribution >= 4 is 16.8 Å². The smallest absolute Gasteiger partial charge is 0.252 e. The number of nitrogens with zero attached hydrogens (tertiary/aromatic N) is 1. The molecule has 22 heavy (non-hydrogen) atoms. The van der Waals surface area contributed by atoms with Crippen molar-refractivity contribution in [1.82, 2.24) is 10.3 Å². The molecule has 2 aromatic rings. The van der Waals surface area contributed by atoms with Gasteiger partial charge in [-0.05, 0) is 37.3 Å². The van der Waals surface area contributed by atoms with Gasteiger partial charge in [-0.2, -0.15) is 0 Å². The van der Waals surface area contributed by atoms with E-state index in [9.17, 15) is 4.79 Å². The summed E-state index contributed by atoms with van der Waals surface area (Å²) < 4.78 is 0. The van der Waals surface area contributed by atoms with Crippen LogP contribution in [0.3, 0.4) is 0 Å². The molecule has 0 radical (unpaired) electrons. The fraction of sp³-hybridized carbons (Fsp3) is 0.474. The van der Waals surface area contributed by atoms with Gasteiger partial charge in [0.05, 0.1) is 11.1 Å². The molecule has 1 heterocycles. The summed E-state index contributed by atoms with van der Waals surface area (Å²) in [7, 11) is 0. The van der Waals surface area contributed by atoms with E-state index in [1.807, 2.05) is 37.3 Å². The second kappa shape index (κ2) is 6.07. The molecule has 1 aliphatic carbocycles. The molecule has 0 aliphatic heterocycles. The van der Waals surface area contributed by atoms with Crippen LogP contribution in [-0.4, -0.2) is 16.9 Å². The number of nitrogens with one attached hydrogen (secondary N) is 1. The van der Waals surface area contributed by atoms with Gasteiger partial charge in [-0.15, -0.1) is 0 Å². The van der Waals surface area contributed by atoms with E-state index in [1.165, 1.54) is 12.8 Å².